The van der Waals surface area contributed by atoms with Crippen LogP contribution >= 0.6 is 0 Å². The van der Waals surface area contributed by atoms with Crippen LogP contribution in [0.15, 0.2) is 41.5 Å². The summed E-state index contributed by atoms with van der Waals surface area (Å²) >= 11 is 0. The number of carbonyl (C=O) groups excluding carboxylic acids is 1. The number of nitrogens with zero attached hydrogens (tertiary/aromatic N) is 5. The summed E-state index contributed by atoms with van der Waals surface area (Å²) in [4.78, 5) is 34.9. The number of aromatic amines is 1. The Morgan fingerprint density at radius 1 is 1.12 bits per heavy atom. The molecule has 1 atom stereocenters. The average molecular weight is 354 g/mol. The summed E-state index contributed by atoms with van der Waals surface area (Å²) in [7, 11) is 0. The van der Waals surface area contributed by atoms with E-state index < -0.39 is 0 Å². The second kappa shape index (κ2) is 7.15. The summed E-state index contributed by atoms with van der Waals surface area (Å²) in [5.41, 5.74) is 0.562. The molecule has 8 nitrogen and oxygen atoms in total. The van der Waals surface area contributed by atoms with E-state index in [1.54, 1.807) is 12.4 Å². The van der Waals surface area contributed by atoms with Gasteiger partial charge in [-0.05, 0) is 18.6 Å². The Kier molecular flexibility index (Phi) is 4.55. The number of rotatable bonds is 3. The van der Waals surface area contributed by atoms with Gasteiger partial charge in [0.25, 0.3) is 5.56 Å². The minimum absolute atomic E-state index is 0.0179. The number of nitrogens with one attached hydrogen (secondary N) is 1. The first kappa shape index (κ1) is 16.6. The summed E-state index contributed by atoms with van der Waals surface area (Å²) < 4.78 is 0. The van der Waals surface area contributed by atoms with Crippen LogP contribution in [0.2, 0.25) is 0 Å². The zero-order chi connectivity index (χ0) is 17.9. The highest BCUT2D eigenvalue weighted by atomic mass is 16.2. The molecule has 2 fully saturated rings. The smallest absolute Gasteiger partial charge is 0.266 e. The first-order valence-corrected chi connectivity index (χ1v) is 8.95. The minimum Gasteiger partial charge on any atom is -0.369 e. The fourth-order valence-corrected chi connectivity index (χ4v) is 3.69. The van der Waals surface area contributed by atoms with Crippen molar-refractivity contribution in [1.82, 2.24) is 20.1 Å². The predicted molar refractivity (Wildman–Crippen MR) is 98.2 cm³/mol. The van der Waals surface area contributed by atoms with Crippen molar-refractivity contribution in [2.45, 2.75) is 6.42 Å². The van der Waals surface area contributed by atoms with E-state index in [0.29, 0.717) is 6.54 Å². The molecule has 8 heteroatoms. The van der Waals surface area contributed by atoms with Crippen molar-refractivity contribution in [3.8, 4) is 0 Å². The highest BCUT2D eigenvalue weighted by molar-refractivity contribution is 5.80. The molecule has 0 radical (unpaired) electrons. The van der Waals surface area contributed by atoms with Crippen LogP contribution in [0.25, 0.3) is 0 Å². The van der Waals surface area contributed by atoms with Crippen LogP contribution in [0, 0.1) is 5.92 Å². The monoisotopic (exact) mass is 354 g/mol. The largest absolute Gasteiger partial charge is 0.369 e. The molecule has 0 bridgehead atoms. The van der Waals surface area contributed by atoms with Crippen LogP contribution in [0.5, 0.6) is 0 Å². The predicted octanol–water partition coefficient (Wildman–Crippen LogP) is 0.340. The molecule has 1 amide bonds. The van der Waals surface area contributed by atoms with E-state index in [2.05, 4.69) is 25.0 Å². The van der Waals surface area contributed by atoms with Crippen LogP contribution in [0.3, 0.4) is 0 Å². The summed E-state index contributed by atoms with van der Waals surface area (Å²) in [5, 5.41) is 6.22. The second-order valence-electron chi connectivity index (χ2n) is 6.74. The Labute approximate surface area is 151 Å². The number of aromatic nitrogens is 3. The maximum atomic E-state index is 12.9. The van der Waals surface area contributed by atoms with Crippen molar-refractivity contribution in [2.24, 2.45) is 5.92 Å². The number of hydrogen-bond acceptors (Lipinski definition) is 6. The van der Waals surface area contributed by atoms with Crippen molar-refractivity contribution in [1.29, 1.82) is 0 Å². The van der Waals surface area contributed by atoms with Gasteiger partial charge in [0.2, 0.25) is 5.91 Å². The van der Waals surface area contributed by atoms with Crippen LogP contribution in [0.1, 0.15) is 6.42 Å². The molecule has 4 heterocycles. The van der Waals surface area contributed by atoms with Crippen LogP contribution < -0.4 is 15.4 Å². The maximum Gasteiger partial charge on any atom is 0.266 e. The van der Waals surface area contributed by atoms with Gasteiger partial charge >= 0.3 is 0 Å². The van der Waals surface area contributed by atoms with E-state index in [1.807, 2.05) is 23.1 Å². The molecule has 136 valence electrons. The van der Waals surface area contributed by atoms with E-state index in [1.165, 1.54) is 6.07 Å². The molecule has 4 rings (SSSR count). The molecule has 2 aromatic rings. The summed E-state index contributed by atoms with van der Waals surface area (Å²) in [6.07, 6.45) is 4.25. The highest BCUT2D eigenvalue weighted by Gasteiger charge is 2.33. The first-order chi connectivity index (χ1) is 12.7. The lowest BCUT2D eigenvalue weighted by Crippen LogP contribution is -2.51. The van der Waals surface area contributed by atoms with E-state index in [-0.39, 0.29) is 17.4 Å². The fraction of sp³-hybridized carbons (Fsp3) is 0.444. The number of anilines is 2. The molecule has 2 saturated heterocycles. The number of pyridine rings is 1. The lowest BCUT2D eigenvalue weighted by atomic mass is 10.1. The summed E-state index contributed by atoms with van der Waals surface area (Å²) in [6, 6.07) is 7.43. The Morgan fingerprint density at radius 3 is 2.69 bits per heavy atom. The molecule has 1 N–H and O–H groups in total. The molecule has 2 aliphatic heterocycles. The third-order valence-corrected chi connectivity index (χ3v) is 5.12. The van der Waals surface area contributed by atoms with Gasteiger partial charge in [-0.25, -0.2) is 10.1 Å². The molecule has 0 spiro atoms. The SMILES string of the molecule is O=C(C1CCN(c2cn[nH]c(=O)c2)C1)N1CCN(c2ccccn2)CC1. The van der Waals surface area contributed by atoms with Gasteiger partial charge in [0.05, 0.1) is 17.8 Å². The zero-order valence-corrected chi connectivity index (χ0v) is 14.5. The van der Waals surface area contributed by atoms with Gasteiger partial charge < -0.3 is 14.7 Å². The molecule has 1 unspecified atom stereocenters. The van der Waals surface area contributed by atoms with Gasteiger partial charge in [-0.2, -0.15) is 5.10 Å². The number of carbonyl (C=O) groups is 1. The molecule has 2 aliphatic rings. The standard InChI is InChI=1S/C18H22N6O2/c25-17-11-15(12-20-21-17)24-6-4-14(13-24)18(26)23-9-7-22(8-10-23)16-3-1-2-5-19-16/h1-3,5,11-12,14H,4,6-10,13H2,(H,21,25). The normalized spacial score (nSPS) is 20.5. The Balaban J connectivity index is 1.34. The number of hydrogen-bond donors (Lipinski definition) is 1. The molecule has 0 aliphatic carbocycles. The van der Waals surface area contributed by atoms with Crippen LogP contribution in [-0.4, -0.2) is 65.3 Å². The second-order valence-corrected chi connectivity index (χ2v) is 6.74. The number of amides is 1. The average Bonchev–Trinajstić information content (AvgIpc) is 3.18. The van der Waals surface area contributed by atoms with E-state index >= 15 is 0 Å². The zero-order valence-electron chi connectivity index (χ0n) is 14.5. The molecule has 0 aromatic carbocycles. The minimum atomic E-state index is -0.220. The molecular weight excluding hydrogens is 332 g/mol. The molecule has 26 heavy (non-hydrogen) atoms. The Bertz CT molecular complexity index is 816. The lowest BCUT2D eigenvalue weighted by molar-refractivity contribution is -0.135. The van der Waals surface area contributed by atoms with Gasteiger partial charge in [0, 0.05) is 51.5 Å². The fourth-order valence-electron chi connectivity index (χ4n) is 3.69. The third kappa shape index (κ3) is 3.40. The van der Waals surface area contributed by atoms with E-state index in [0.717, 1.165) is 50.6 Å². The number of piperazine rings is 1. The van der Waals surface area contributed by atoms with Gasteiger partial charge in [-0.15, -0.1) is 0 Å². The third-order valence-electron chi connectivity index (χ3n) is 5.12. The highest BCUT2D eigenvalue weighted by Crippen LogP contribution is 2.24. The number of H-pyrrole nitrogens is 1. The first-order valence-electron chi connectivity index (χ1n) is 8.95. The van der Waals surface area contributed by atoms with Crippen molar-refractivity contribution >= 4 is 17.4 Å². The van der Waals surface area contributed by atoms with Crippen molar-refractivity contribution < 1.29 is 4.79 Å². The Morgan fingerprint density at radius 2 is 1.96 bits per heavy atom. The van der Waals surface area contributed by atoms with Crippen LogP contribution in [-0.2, 0) is 4.79 Å². The van der Waals surface area contributed by atoms with E-state index in [4.69, 9.17) is 0 Å². The van der Waals surface area contributed by atoms with E-state index in [9.17, 15) is 9.59 Å². The van der Waals surface area contributed by atoms with Gasteiger partial charge in [-0.3, -0.25) is 9.59 Å². The van der Waals surface area contributed by atoms with Crippen molar-refractivity contribution in [2.75, 3.05) is 49.1 Å². The van der Waals surface area contributed by atoms with Gasteiger partial charge in [0.1, 0.15) is 5.82 Å². The molecule has 2 aromatic heterocycles. The summed E-state index contributed by atoms with van der Waals surface area (Å²) in [5.74, 6) is 1.16. The topological polar surface area (TPSA) is 85.4 Å². The van der Waals surface area contributed by atoms with Crippen molar-refractivity contribution in [3.05, 3.63) is 47.0 Å². The quantitative estimate of drug-likeness (QED) is 0.856. The lowest BCUT2D eigenvalue weighted by Gasteiger charge is -2.36. The maximum absolute atomic E-state index is 12.9. The molecular formula is C18H22N6O2. The summed E-state index contributed by atoms with van der Waals surface area (Å²) in [6.45, 7) is 4.46. The molecule has 0 saturated carbocycles. The van der Waals surface area contributed by atoms with Crippen LogP contribution in [0.4, 0.5) is 11.5 Å². The van der Waals surface area contributed by atoms with Gasteiger partial charge in [-0.1, -0.05) is 6.07 Å². The Hall–Kier alpha value is -2.90. The van der Waals surface area contributed by atoms with Crippen molar-refractivity contribution in [3.63, 3.8) is 0 Å². The van der Waals surface area contributed by atoms with Gasteiger partial charge in [0.15, 0.2) is 0 Å².